The number of hydrogen-bond donors (Lipinski definition) is 6. The van der Waals surface area contributed by atoms with Crippen LogP contribution < -0.4 is 31.6 Å². The van der Waals surface area contributed by atoms with Crippen LogP contribution in [0.15, 0.2) is 48.8 Å². The molecule has 2 aromatic carbocycles. The number of anilines is 2. The highest BCUT2D eigenvalue weighted by Gasteiger charge is 2.23. The van der Waals surface area contributed by atoms with Gasteiger partial charge >= 0.3 is 0 Å². The Morgan fingerprint density at radius 2 is 1.42 bits per heavy atom. The second-order valence-electron chi connectivity index (χ2n) is 12.6. The second kappa shape index (κ2) is 15.7. The van der Waals surface area contributed by atoms with Gasteiger partial charge in [-0.05, 0) is 38.1 Å². The van der Waals surface area contributed by atoms with Crippen molar-refractivity contribution in [2.45, 2.75) is 39.6 Å². The second-order valence-corrected chi connectivity index (χ2v) is 12.6. The number of rotatable bonds is 16. The Hall–Kier alpha value is -6.73. The molecule has 3 amide bonds. The molecule has 0 fully saturated rings. The quantitative estimate of drug-likeness (QED) is 0.0472. The molecule has 0 saturated heterocycles. The first-order chi connectivity index (χ1) is 26.3. The SMILES string of the molecule is COc1cc(C(N)=O)cc2nc(NC(=O)c3cnc(C)n3C)n(C/C=C/Cn3c(NC(O)c4cnc(C)n4C)nc4cc(C(N)=O)cc(OCCCO)c43)c12. The number of methoxy groups -OCH3 is 1. The number of aliphatic hydroxyl groups is 2. The third-order valence-corrected chi connectivity index (χ3v) is 9.19. The van der Waals surface area contributed by atoms with E-state index < -0.39 is 23.9 Å². The van der Waals surface area contributed by atoms with E-state index in [-0.39, 0.29) is 49.3 Å². The molecule has 1 unspecified atom stereocenters. The molecule has 0 aliphatic heterocycles. The summed E-state index contributed by atoms with van der Waals surface area (Å²) >= 11 is 0. The summed E-state index contributed by atoms with van der Waals surface area (Å²) in [6.45, 7) is 3.97. The summed E-state index contributed by atoms with van der Waals surface area (Å²) in [5.41, 5.74) is 14.1. The monoisotopic (exact) mass is 754 g/mol. The van der Waals surface area contributed by atoms with E-state index in [1.165, 1.54) is 37.6 Å². The zero-order valence-electron chi connectivity index (χ0n) is 30.9. The minimum atomic E-state index is -1.22. The van der Waals surface area contributed by atoms with Crippen LogP contribution in [-0.4, -0.2) is 86.5 Å². The van der Waals surface area contributed by atoms with Crippen molar-refractivity contribution in [1.82, 2.24) is 38.2 Å². The molecule has 1 atom stereocenters. The maximum Gasteiger partial charge on any atom is 0.276 e. The topological polar surface area (TPSA) is 258 Å². The Kier molecular flexibility index (Phi) is 10.9. The molecular formula is C36H42N12O7. The Morgan fingerprint density at radius 3 is 1.96 bits per heavy atom. The first-order valence-electron chi connectivity index (χ1n) is 17.2. The zero-order valence-corrected chi connectivity index (χ0v) is 30.9. The molecule has 6 aromatic rings. The molecule has 0 aliphatic rings. The van der Waals surface area contributed by atoms with E-state index in [1.807, 2.05) is 19.1 Å². The fourth-order valence-electron chi connectivity index (χ4n) is 6.03. The van der Waals surface area contributed by atoms with Crippen LogP contribution in [0.4, 0.5) is 11.9 Å². The number of hydrogen-bond acceptors (Lipinski definition) is 12. The number of ether oxygens (including phenoxy) is 2. The number of aromatic nitrogens is 8. The fourth-order valence-corrected chi connectivity index (χ4v) is 6.03. The molecule has 19 heteroatoms. The van der Waals surface area contributed by atoms with Crippen LogP contribution in [-0.2, 0) is 27.2 Å². The lowest BCUT2D eigenvalue weighted by atomic mass is 10.1. The highest BCUT2D eigenvalue weighted by molar-refractivity contribution is 6.04. The van der Waals surface area contributed by atoms with E-state index in [9.17, 15) is 24.6 Å². The van der Waals surface area contributed by atoms with Crippen LogP contribution >= 0.6 is 0 Å². The molecule has 4 aromatic heterocycles. The molecule has 4 heterocycles. The van der Waals surface area contributed by atoms with E-state index in [2.05, 4.69) is 25.6 Å². The number of nitrogens with one attached hydrogen (secondary N) is 2. The van der Waals surface area contributed by atoms with Gasteiger partial charge in [0.15, 0.2) is 6.23 Å². The Labute approximate surface area is 314 Å². The molecule has 6 rings (SSSR count). The number of primary amides is 2. The molecule has 0 spiro atoms. The van der Waals surface area contributed by atoms with Gasteiger partial charge in [0.05, 0.1) is 42.8 Å². The largest absolute Gasteiger partial charge is 0.494 e. The number of carbonyl (C=O) groups is 3. The van der Waals surface area contributed by atoms with Gasteiger partial charge in [0, 0.05) is 51.3 Å². The van der Waals surface area contributed by atoms with Gasteiger partial charge in [-0.15, -0.1) is 0 Å². The molecule has 19 nitrogen and oxygen atoms in total. The molecule has 0 bridgehead atoms. The predicted molar refractivity (Wildman–Crippen MR) is 202 cm³/mol. The van der Waals surface area contributed by atoms with Gasteiger partial charge in [-0.25, -0.2) is 19.9 Å². The lowest BCUT2D eigenvalue weighted by Gasteiger charge is -2.16. The van der Waals surface area contributed by atoms with Gasteiger partial charge in [-0.1, -0.05) is 12.2 Å². The van der Waals surface area contributed by atoms with Crippen LogP contribution in [0.5, 0.6) is 11.5 Å². The van der Waals surface area contributed by atoms with Gasteiger partial charge < -0.3 is 54.7 Å². The predicted octanol–water partition coefficient (Wildman–Crippen LogP) is 2.05. The van der Waals surface area contributed by atoms with Crippen LogP contribution in [0, 0.1) is 13.8 Å². The third kappa shape index (κ3) is 7.55. The highest BCUT2D eigenvalue weighted by atomic mass is 16.5. The smallest absolute Gasteiger partial charge is 0.276 e. The molecule has 0 radical (unpaired) electrons. The molecular weight excluding hydrogens is 712 g/mol. The number of carbonyl (C=O) groups excluding carboxylic acids is 3. The highest BCUT2D eigenvalue weighted by Crippen LogP contribution is 2.33. The van der Waals surface area contributed by atoms with Gasteiger partial charge in [-0.2, -0.15) is 0 Å². The summed E-state index contributed by atoms with van der Waals surface area (Å²) in [5, 5.41) is 26.6. The van der Waals surface area contributed by atoms with Gasteiger partial charge in [0.1, 0.15) is 39.9 Å². The summed E-state index contributed by atoms with van der Waals surface area (Å²) in [6, 6.07) is 6.07. The maximum atomic E-state index is 13.4. The van der Waals surface area contributed by atoms with Crippen molar-refractivity contribution in [2.75, 3.05) is 31.0 Å². The van der Waals surface area contributed by atoms with Crippen molar-refractivity contribution in [3.05, 3.63) is 83.0 Å². The summed E-state index contributed by atoms with van der Waals surface area (Å²) in [7, 11) is 4.95. The minimum Gasteiger partial charge on any atom is -0.494 e. The van der Waals surface area contributed by atoms with E-state index in [0.29, 0.717) is 63.0 Å². The number of benzene rings is 2. The van der Waals surface area contributed by atoms with Crippen LogP contribution in [0.1, 0.15) is 61.2 Å². The number of nitrogens with zero attached hydrogens (tertiary/aromatic N) is 8. The van der Waals surface area contributed by atoms with Gasteiger partial charge in [0.2, 0.25) is 23.7 Å². The lowest BCUT2D eigenvalue weighted by molar-refractivity contribution is 0.0991. The van der Waals surface area contributed by atoms with Crippen molar-refractivity contribution < 1.29 is 34.1 Å². The van der Waals surface area contributed by atoms with E-state index >= 15 is 0 Å². The normalized spacial score (nSPS) is 12.1. The number of aliphatic hydroxyl groups excluding tert-OH is 2. The Bertz CT molecular complexity index is 2460. The zero-order chi connectivity index (χ0) is 39.6. The van der Waals surface area contributed by atoms with E-state index in [0.717, 1.165) is 0 Å². The number of aryl methyl sites for hydroxylation is 2. The summed E-state index contributed by atoms with van der Waals surface area (Å²) in [5.74, 6) is 0.550. The third-order valence-electron chi connectivity index (χ3n) is 9.19. The minimum absolute atomic E-state index is 0.106. The van der Waals surface area contributed by atoms with Crippen LogP contribution in [0.3, 0.4) is 0 Å². The lowest BCUT2D eigenvalue weighted by Crippen LogP contribution is -2.19. The average Bonchev–Trinajstić information content (AvgIpc) is 3.89. The van der Waals surface area contributed by atoms with Crippen molar-refractivity contribution in [3.8, 4) is 11.5 Å². The summed E-state index contributed by atoms with van der Waals surface area (Å²) < 4.78 is 18.5. The Morgan fingerprint density at radius 1 is 0.855 bits per heavy atom. The number of fused-ring (bicyclic) bond motifs is 2. The first kappa shape index (κ1) is 38.0. The van der Waals surface area contributed by atoms with E-state index in [4.69, 9.17) is 25.9 Å². The van der Waals surface area contributed by atoms with Gasteiger partial charge in [-0.3, -0.25) is 19.7 Å². The Balaban J connectivity index is 1.40. The first-order valence-corrected chi connectivity index (χ1v) is 17.2. The summed E-state index contributed by atoms with van der Waals surface area (Å²) in [4.78, 5) is 55.7. The van der Waals surface area contributed by atoms with E-state index in [1.54, 1.807) is 45.5 Å². The maximum absolute atomic E-state index is 13.4. The molecule has 0 saturated carbocycles. The molecule has 55 heavy (non-hydrogen) atoms. The standard InChI is InChI=1S/C36H42N12O7/c1-19-39-17-25(45(19)3)33(52)43-35-41-23-13-21(31(37)50)15-27(54-5)29(23)47(35)9-6-7-10-48-30-24(14-22(32(38)51)16-28(30)55-12-8-11-49)42-36(48)44-34(53)26-18-40-20(2)46(26)4/h6-7,13-18,34,49,53H,8-12H2,1-5H3,(H2,37,50)(H2,38,51)(H,42,44)(H,41,43,52)/b7-6+. The summed E-state index contributed by atoms with van der Waals surface area (Å²) in [6.07, 6.45) is 5.79. The molecule has 0 aliphatic carbocycles. The number of allylic oxidation sites excluding steroid dienone is 2. The van der Waals surface area contributed by atoms with Crippen LogP contribution in [0.2, 0.25) is 0 Å². The van der Waals surface area contributed by atoms with Crippen molar-refractivity contribution in [2.24, 2.45) is 25.6 Å². The van der Waals surface area contributed by atoms with Crippen molar-refractivity contribution in [3.63, 3.8) is 0 Å². The number of imidazole rings is 4. The average molecular weight is 755 g/mol. The number of amides is 3. The fraction of sp³-hybridized carbons (Fsp3) is 0.306. The van der Waals surface area contributed by atoms with Crippen molar-refractivity contribution in [1.29, 1.82) is 0 Å². The van der Waals surface area contributed by atoms with Crippen LogP contribution in [0.25, 0.3) is 22.1 Å². The molecule has 8 N–H and O–H groups in total. The van der Waals surface area contributed by atoms with Crippen molar-refractivity contribution >= 4 is 51.7 Å². The van der Waals surface area contributed by atoms with Gasteiger partial charge in [0.25, 0.3) is 5.91 Å². The number of nitrogens with two attached hydrogens (primary N) is 2. The molecule has 288 valence electrons.